The van der Waals surface area contributed by atoms with Gasteiger partial charge in [-0.2, -0.15) is 5.26 Å². The summed E-state index contributed by atoms with van der Waals surface area (Å²) in [5.74, 6) is 2.34. The van der Waals surface area contributed by atoms with Crippen molar-refractivity contribution in [3.05, 3.63) is 18.0 Å². The van der Waals surface area contributed by atoms with Crippen LogP contribution in [0.5, 0.6) is 11.5 Å². The Morgan fingerprint density at radius 2 is 2.00 bits per heavy atom. The zero-order valence-corrected chi connectivity index (χ0v) is 12.3. The Kier molecular flexibility index (Phi) is 3.67. The van der Waals surface area contributed by atoms with Gasteiger partial charge >= 0.3 is 0 Å². The van der Waals surface area contributed by atoms with Crippen molar-refractivity contribution >= 4 is 11.0 Å². The van der Waals surface area contributed by atoms with Crippen molar-refractivity contribution in [1.82, 2.24) is 14.5 Å². The van der Waals surface area contributed by atoms with Crippen LogP contribution in [0.1, 0.15) is 19.7 Å². The molecule has 21 heavy (non-hydrogen) atoms. The molecule has 1 aliphatic heterocycles. The van der Waals surface area contributed by atoms with E-state index in [1.54, 1.807) is 0 Å². The second kappa shape index (κ2) is 5.62. The third-order valence-corrected chi connectivity index (χ3v) is 3.81. The number of aromatic nitrogens is 2. The van der Waals surface area contributed by atoms with Gasteiger partial charge in [-0.05, 0) is 13.1 Å². The Morgan fingerprint density at radius 1 is 1.29 bits per heavy atom. The van der Waals surface area contributed by atoms with Gasteiger partial charge < -0.3 is 14.0 Å². The first-order valence-electron chi connectivity index (χ1n) is 7.14. The zero-order chi connectivity index (χ0) is 14.8. The van der Waals surface area contributed by atoms with Crippen LogP contribution in [0.4, 0.5) is 0 Å². The van der Waals surface area contributed by atoms with E-state index in [0.29, 0.717) is 0 Å². The van der Waals surface area contributed by atoms with E-state index in [-0.39, 0.29) is 13.3 Å². The topological polar surface area (TPSA) is 63.3 Å². The molecule has 0 atom stereocenters. The maximum Gasteiger partial charge on any atom is 0.231 e. The van der Waals surface area contributed by atoms with Gasteiger partial charge in [-0.3, -0.25) is 4.90 Å². The normalized spacial score (nSPS) is 13.0. The molecule has 1 aliphatic rings. The average molecular weight is 286 g/mol. The summed E-state index contributed by atoms with van der Waals surface area (Å²) in [5.41, 5.74) is 1.76. The molecule has 0 saturated heterocycles. The van der Waals surface area contributed by atoms with Gasteiger partial charge in [-0.15, -0.1) is 0 Å². The number of nitrogens with zero attached hydrogens (tertiary/aromatic N) is 4. The van der Waals surface area contributed by atoms with Crippen LogP contribution in [0.15, 0.2) is 12.1 Å². The minimum absolute atomic E-state index is 0.243. The summed E-state index contributed by atoms with van der Waals surface area (Å²) in [5, 5.41) is 9.10. The van der Waals surface area contributed by atoms with Crippen molar-refractivity contribution in [3.63, 3.8) is 0 Å². The van der Waals surface area contributed by atoms with E-state index in [1.807, 2.05) is 16.7 Å². The first-order valence-corrected chi connectivity index (χ1v) is 7.14. The fraction of sp³-hybridized carbons (Fsp3) is 0.467. The number of nitriles is 1. The highest BCUT2D eigenvalue weighted by Crippen LogP contribution is 2.36. The van der Waals surface area contributed by atoms with Gasteiger partial charge in [0.1, 0.15) is 12.4 Å². The second-order valence-corrected chi connectivity index (χ2v) is 4.93. The van der Waals surface area contributed by atoms with Crippen LogP contribution in [0.3, 0.4) is 0 Å². The predicted molar refractivity (Wildman–Crippen MR) is 78.1 cm³/mol. The molecule has 0 fully saturated rings. The molecule has 0 spiro atoms. The maximum absolute atomic E-state index is 9.10. The number of rotatable bonds is 5. The van der Waals surface area contributed by atoms with E-state index in [9.17, 15) is 0 Å². The van der Waals surface area contributed by atoms with E-state index >= 15 is 0 Å². The molecule has 0 radical (unpaired) electrons. The lowest BCUT2D eigenvalue weighted by molar-refractivity contribution is 0.174. The standard InChI is InChI=1S/C15H18N4O2/c1-3-18(4-2)9-15-17-11-7-13-14(21-10-20-13)8-12(11)19(15)6-5-16/h7-8H,3-4,6,9-10H2,1-2H3. The monoisotopic (exact) mass is 286 g/mol. The highest BCUT2D eigenvalue weighted by molar-refractivity contribution is 5.81. The molecule has 0 unspecified atom stereocenters. The summed E-state index contributed by atoms with van der Waals surface area (Å²) < 4.78 is 12.8. The fourth-order valence-corrected chi connectivity index (χ4v) is 2.58. The maximum atomic E-state index is 9.10. The van der Waals surface area contributed by atoms with Gasteiger partial charge in [-0.25, -0.2) is 4.98 Å². The lowest BCUT2D eigenvalue weighted by atomic mass is 10.2. The van der Waals surface area contributed by atoms with Crippen molar-refractivity contribution in [3.8, 4) is 17.6 Å². The molecule has 0 N–H and O–H groups in total. The van der Waals surface area contributed by atoms with Crippen molar-refractivity contribution in [2.45, 2.75) is 26.9 Å². The second-order valence-electron chi connectivity index (χ2n) is 4.93. The van der Waals surface area contributed by atoms with Crippen molar-refractivity contribution < 1.29 is 9.47 Å². The molecular weight excluding hydrogens is 268 g/mol. The van der Waals surface area contributed by atoms with Crippen molar-refractivity contribution in [2.75, 3.05) is 19.9 Å². The molecule has 3 rings (SSSR count). The zero-order valence-electron chi connectivity index (χ0n) is 12.3. The number of imidazole rings is 1. The molecular formula is C15H18N4O2. The predicted octanol–water partition coefficient (Wildman–Crippen LogP) is 2.13. The third kappa shape index (κ3) is 2.41. The van der Waals surface area contributed by atoms with Crippen LogP contribution in [0.25, 0.3) is 11.0 Å². The van der Waals surface area contributed by atoms with Gasteiger partial charge in [0.05, 0.1) is 23.6 Å². The van der Waals surface area contributed by atoms with Crippen LogP contribution in [-0.2, 0) is 13.1 Å². The average Bonchev–Trinajstić information content (AvgIpc) is 3.07. The molecule has 0 aliphatic carbocycles. The highest BCUT2D eigenvalue weighted by Gasteiger charge is 2.19. The molecule has 2 heterocycles. The van der Waals surface area contributed by atoms with E-state index in [1.165, 1.54) is 0 Å². The van der Waals surface area contributed by atoms with E-state index in [2.05, 4.69) is 29.8 Å². The van der Waals surface area contributed by atoms with Gasteiger partial charge in [0, 0.05) is 12.1 Å². The largest absolute Gasteiger partial charge is 0.454 e. The number of ether oxygens (including phenoxy) is 2. The lowest BCUT2D eigenvalue weighted by Gasteiger charge is -2.17. The Hall–Kier alpha value is -2.26. The Labute approximate surface area is 123 Å². The molecule has 0 bridgehead atoms. The van der Waals surface area contributed by atoms with Gasteiger partial charge in [0.25, 0.3) is 0 Å². The SMILES string of the molecule is CCN(CC)Cc1nc2cc3c(cc2n1CC#N)OCO3. The summed E-state index contributed by atoms with van der Waals surface area (Å²) in [6, 6.07) is 6.01. The highest BCUT2D eigenvalue weighted by atomic mass is 16.7. The summed E-state index contributed by atoms with van der Waals surface area (Å²) in [6.07, 6.45) is 0. The first kappa shape index (κ1) is 13.7. The molecule has 6 heteroatoms. The first-order chi connectivity index (χ1) is 10.3. The smallest absolute Gasteiger partial charge is 0.231 e. The number of hydrogen-bond donors (Lipinski definition) is 0. The minimum atomic E-state index is 0.243. The third-order valence-electron chi connectivity index (χ3n) is 3.81. The van der Waals surface area contributed by atoms with Crippen LogP contribution in [0.2, 0.25) is 0 Å². The van der Waals surface area contributed by atoms with Crippen molar-refractivity contribution in [1.29, 1.82) is 5.26 Å². The quantitative estimate of drug-likeness (QED) is 0.842. The lowest BCUT2D eigenvalue weighted by Crippen LogP contribution is -2.24. The number of hydrogen-bond acceptors (Lipinski definition) is 5. The van der Waals surface area contributed by atoms with E-state index in [4.69, 9.17) is 14.7 Å². The molecule has 0 amide bonds. The molecule has 2 aromatic rings. The Morgan fingerprint density at radius 3 is 2.67 bits per heavy atom. The molecule has 6 nitrogen and oxygen atoms in total. The van der Waals surface area contributed by atoms with Crippen LogP contribution in [-0.4, -0.2) is 34.3 Å². The summed E-state index contributed by atoms with van der Waals surface area (Å²) in [6.45, 7) is 7.41. The Balaban J connectivity index is 2.07. The molecule has 0 saturated carbocycles. The van der Waals surface area contributed by atoms with E-state index in [0.717, 1.165) is 48.0 Å². The van der Waals surface area contributed by atoms with Crippen LogP contribution >= 0.6 is 0 Å². The van der Waals surface area contributed by atoms with E-state index < -0.39 is 0 Å². The number of benzene rings is 1. The molecule has 1 aromatic carbocycles. The summed E-state index contributed by atoms with van der Waals surface area (Å²) in [7, 11) is 0. The molecule has 1 aromatic heterocycles. The van der Waals surface area contributed by atoms with Gasteiger partial charge in [0.2, 0.25) is 6.79 Å². The van der Waals surface area contributed by atoms with Crippen LogP contribution in [0, 0.1) is 11.3 Å². The summed E-state index contributed by atoms with van der Waals surface area (Å²) >= 11 is 0. The van der Waals surface area contributed by atoms with Gasteiger partial charge in [-0.1, -0.05) is 13.8 Å². The minimum Gasteiger partial charge on any atom is -0.454 e. The van der Waals surface area contributed by atoms with Crippen molar-refractivity contribution in [2.24, 2.45) is 0 Å². The van der Waals surface area contributed by atoms with Crippen LogP contribution < -0.4 is 9.47 Å². The van der Waals surface area contributed by atoms with Gasteiger partial charge in [0.15, 0.2) is 11.5 Å². The fourth-order valence-electron chi connectivity index (χ4n) is 2.58. The summed E-state index contributed by atoms with van der Waals surface area (Å²) in [4.78, 5) is 6.95. The Bertz CT molecular complexity index is 698. The number of fused-ring (bicyclic) bond motifs is 2. The molecule has 110 valence electrons.